The van der Waals surface area contributed by atoms with Gasteiger partial charge in [0.05, 0.1) is 12.3 Å². The average Bonchev–Trinajstić information content (AvgIpc) is 2.95. The first-order chi connectivity index (χ1) is 8.33. The van der Waals surface area contributed by atoms with Gasteiger partial charge in [-0.25, -0.2) is 4.68 Å². The number of hydrogen-bond donors (Lipinski definition) is 1. The number of nitrogen functional groups attached to an aromatic ring is 1. The summed E-state index contributed by atoms with van der Waals surface area (Å²) in [7, 11) is 0. The van der Waals surface area contributed by atoms with E-state index >= 15 is 0 Å². The second-order valence-electron chi connectivity index (χ2n) is 3.26. The van der Waals surface area contributed by atoms with Crippen LogP contribution >= 0.6 is 11.8 Å². The highest BCUT2D eigenvalue weighted by Crippen LogP contribution is 2.22. The second-order valence-corrected chi connectivity index (χ2v) is 4.33. The number of rotatable bonds is 5. The lowest BCUT2D eigenvalue weighted by Gasteiger charge is -2.00. The fraction of sp³-hybridized carbons (Fsp3) is 0.300. The van der Waals surface area contributed by atoms with Crippen LogP contribution in [-0.4, -0.2) is 20.6 Å². The summed E-state index contributed by atoms with van der Waals surface area (Å²) in [5, 5.41) is 17.0. The predicted molar refractivity (Wildman–Crippen MR) is 63.4 cm³/mol. The first-order valence-corrected chi connectivity index (χ1v) is 6.05. The van der Waals surface area contributed by atoms with Gasteiger partial charge in [-0.15, -0.1) is 10.2 Å². The molecule has 0 atom stereocenters. The number of nitrogens with zero attached hydrogens (tertiary/aromatic N) is 4. The van der Waals surface area contributed by atoms with Crippen LogP contribution < -0.4 is 5.84 Å². The normalized spacial score (nSPS) is 10.3. The maximum Gasteiger partial charge on any atom is 0.218 e. The maximum absolute atomic E-state index is 8.42. The van der Waals surface area contributed by atoms with Crippen molar-refractivity contribution in [2.45, 2.75) is 18.0 Å². The minimum Gasteiger partial charge on any atom is -0.461 e. The van der Waals surface area contributed by atoms with Crippen molar-refractivity contribution < 1.29 is 4.42 Å². The Morgan fingerprint density at radius 2 is 2.41 bits per heavy atom. The van der Waals surface area contributed by atoms with Crippen LogP contribution in [0.4, 0.5) is 0 Å². The van der Waals surface area contributed by atoms with Crippen molar-refractivity contribution in [1.82, 2.24) is 14.9 Å². The van der Waals surface area contributed by atoms with Gasteiger partial charge in [-0.1, -0.05) is 11.8 Å². The topological polar surface area (TPSA) is 93.7 Å². The first kappa shape index (κ1) is 11.5. The highest BCUT2D eigenvalue weighted by atomic mass is 32.2. The van der Waals surface area contributed by atoms with Crippen LogP contribution in [0.2, 0.25) is 0 Å². The molecule has 2 aromatic rings. The molecule has 0 aliphatic rings. The van der Waals surface area contributed by atoms with Crippen LogP contribution in [0.1, 0.15) is 12.8 Å². The van der Waals surface area contributed by atoms with Crippen LogP contribution in [0.5, 0.6) is 0 Å². The van der Waals surface area contributed by atoms with E-state index in [4.69, 9.17) is 15.5 Å². The van der Waals surface area contributed by atoms with Gasteiger partial charge in [0, 0.05) is 12.2 Å². The van der Waals surface area contributed by atoms with Gasteiger partial charge in [0.1, 0.15) is 0 Å². The molecule has 0 aromatic carbocycles. The van der Waals surface area contributed by atoms with E-state index in [0.29, 0.717) is 23.2 Å². The van der Waals surface area contributed by atoms with Gasteiger partial charge in [-0.3, -0.25) is 0 Å². The zero-order valence-electron chi connectivity index (χ0n) is 9.04. The van der Waals surface area contributed by atoms with E-state index in [1.807, 2.05) is 0 Å². The summed E-state index contributed by atoms with van der Waals surface area (Å²) in [5.74, 6) is 7.73. The average molecular weight is 249 g/mol. The molecule has 0 aliphatic heterocycles. The maximum atomic E-state index is 8.42. The summed E-state index contributed by atoms with van der Waals surface area (Å²) >= 11 is 1.48. The van der Waals surface area contributed by atoms with Crippen LogP contribution in [0.15, 0.2) is 28.0 Å². The lowest BCUT2D eigenvalue weighted by atomic mass is 10.4. The number of aromatic nitrogens is 3. The van der Waals surface area contributed by atoms with Gasteiger partial charge in [-0.05, 0) is 18.6 Å². The Balaban J connectivity index is 2.04. The molecule has 2 aromatic heterocycles. The molecule has 0 aliphatic carbocycles. The van der Waals surface area contributed by atoms with E-state index in [9.17, 15) is 0 Å². The third kappa shape index (κ3) is 2.60. The molecular formula is C10H11N5OS. The number of nitrogens with two attached hydrogens (primary N) is 1. The molecule has 6 nitrogen and oxygen atoms in total. The molecule has 0 radical (unpaired) electrons. The molecule has 0 amide bonds. The Labute approximate surface area is 102 Å². The molecule has 0 saturated carbocycles. The van der Waals surface area contributed by atoms with E-state index in [-0.39, 0.29) is 0 Å². The minimum absolute atomic E-state index is 0.498. The van der Waals surface area contributed by atoms with Crippen LogP contribution in [0.25, 0.3) is 11.6 Å². The molecular weight excluding hydrogens is 238 g/mol. The van der Waals surface area contributed by atoms with Crippen molar-refractivity contribution in [1.29, 1.82) is 5.26 Å². The molecule has 0 fully saturated rings. The Hall–Kier alpha value is -1.94. The largest absolute Gasteiger partial charge is 0.461 e. The predicted octanol–water partition coefficient (Wildman–Crippen LogP) is 1.65. The fourth-order valence-electron chi connectivity index (χ4n) is 1.26. The Bertz CT molecular complexity index is 513. The smallest absolute Gasteiger partial charge is 0.218 e. The van der Waals surface area contributed by atoms with Gasteiger partial charge < -0.3 is 10.3 Å². The summed E-state index contributed by atoms with van der Waals surface area (Å²) in [6.45, 7) is 0. The van der Waals surface area contributed by atoms with Gasteiger partial charge in [0.15, 0.2) is 5.76 Å². The lowest BCUT2D eigenvalue weighted by molar-refractivity contribution is 0.574. The third-order valence-electron chi connectivity index (χ3n) is 2.07. The van der Waals surface area contributed by atoms with E-state index in [0.717, 1.165) is 12.2 Å². The fourth-order valence-corrected chi connectivity index (χ4v) is 2.06. The van der Waals surface area contributed by atoms with E-state index in [2.05, 4.69) is 16.3 Å². The summed E-state index contributed by atoms with van der Waals surface area (Å²) in [6.07, 6.45) is 2.91. The lowest BCUT2D eigenvalue weighted by Crippen LogP contribution is -2.11. The van der Waals surface area contributed by atoms with Crippen LogP contribution in [0, 0.1) is 11.3 Å². The molecule has 0 unspecified atom stereocenters. The monoisotopic (exact) mass is 249 g/mol. The van der Waals surface area contributed by atoms with Crippen molar-refractivity contribution in [2.24, 2.45) is 0 Å². The Morgan fingerprint density at radius 1 is 1.53 bits per heavy atom. The molecule has 2 heterocycles. The summed E-state index contributed by atoms with van der Waals surface area (Å²) in [4.78, 5) is 0. The van der Waals surface area contributed by atoms with Crippen LogP contribution in [-0.2, 0) is 0 Å². The first-order valence-electron chi connectivity index (χ1n) is 5.07. The Morgan fingerprint density at radius 3 is 3.12 bits per heavy atom. The highest BCUT2D eigenvalue weighted by Gasteiger charge is 2.13. The highest BCUT2D eigenvalue weighted by molar-refractivity contribution is 7.99. The molecule has 0 bridgehead atoms. The number of furan rings is 1. The van der Waals surface area contributed by atoms with Crippen LogP contribution in [0.3, 0.4) is 0 Å². The molecule has 2 N–H and O–H groups in total. The van der Waals surface area contributed by atoms with Crippen molar-refractivity contribution in [3.05, 3.63) is 18.4 Å². The quantitative estimate of drug-likeness (QED) is 0.492. The van der Waals surface area contributed by atoms with Crippen molar-refractivity contribution in [3.8, 4) is 17.7 Å². The summed E-state index contributed by atoms with van der Waals surface area (Å²) < 4.78 is 6.60. The van der Waals surface area contributed by atoms with Gasteiger partial charge in [-0.2, -0.15) is 5.26 Å². The molecule has 7 heteroatoms. The molecule has 88 valence electrons. The molecule has 17 heavy (non-hydrogen) atoms. The number of hydrogen-bond acceptors (Lipinski definition) is 6. The molecule has 0 spiro atoms. The SMILES string of the molecule is N#CCCCSc1nnc(-c2ccco2)n1N. The van der Waals surface area contributed by atoms with Gasteiger partial charge in [0.25, 0.3) is 0 Å². The third-order valence-corrected chi connectivity index (χ3v) is 3.10. The van der Waals surface area contributed by atoms with Crippen molar-refractivity contribution in [3.63, 3.8) is 0 Å². The summed E-state index contributed by atoms with van der Waals surface area (Å²) in [5.41, 5.74) is 0. The molecule has 2 rings (SSSR count). The van der Waals surface area contributed by atoms with Gasteiger partial charge >= 0.3 is 0 Å². The number of unbranched alkanes of at least 4 members (excludes halogenated alkanes) is 1. The van der Waals surface area contributed by atoms with Gasteiger partial charge in [0.2, 0.25) is 11.0 Å². The second kappa shape index (κ2) is 5.41. The standard InChI is InChI=1S/C10H11N5OS/c11-5-1-2-7-17-10-14-13-9(15(10)12)8-4-3-6-16-8/h3-4,6H,1-2,7,12H2. The zero-order chi connectivity index (χ0) is 12.1. The van der Waals surface area contributed by atoms with E-state index in [1.165, 1.54) is 16.4 Å². The minimum atomic E-state index is 0.498. The summed E-state index contributed by atoms with van der Waals surface area (Å²) in [6, 6.07) is 5.64. The van der Waals surface area contributed by atoms with Crippen molar-refractivity contribution >= 4 is 11.8 Å². The van der Waals surface area contributed by atoms with E-state index in [1.54, 1.807) is 18.4 Å². The number of nitriles is 1. The number of thioether (sulfide) groups is 1. The van der Waals surface area contributed by atoms with E-state index < -0.39 is 0 Å². The zero-order valence-corrected chi connectivity index (χ0v) is 9.85. The Kier molecular flexibility index (Phi) is 3.67. The van der Waals surface area contributed by atoms with Crippen molar-refractivity contribution in [2.75, 3.05) is 11.6 Å². The molecule has 0 saturated heterocycles.